The van der Waals surface area contributed by atoms with E-state index in [-0.39, 0.29) is 4.21 Å². The van der Waals surface area contributed by atoms with E-state index in [9.17, 15) is 8.42 Å². The average Bonchev–Trinajstić information content (AvgIpc) is 2.85. The van der Waals surface area contributed by atoms with Gasteiger partial charge >= 0.3 is 0 Å². The van der Waals surface area contributed by atoms with Crippen molar-refractivity contribution >= 4 is 54.6 Å². The van der Waals surface area contributed by atoms with Crippen LogP contribution in [0.1, 0.15) is 10.4 Å². The first-order valence-corrected chi connectivity index (χ1v) is 8.79. The maximum absolute atomic E-state index is 12.2. The Morgan fingerprint density at radius 3 is 2.70 bits per heavy atom. The predicted molar refractivity (Wildman–Crippen MR) is 83.7 cm³/mol. The molecule has 1 aromatic carbocycles. The molecule has 1 heterocycles. The van der Waals surface area contributed by atoms with E-state index < -0.39 is 10.0 Å². The molecule has 8 heteroatoms. The minimum absolute atomic E-state index is 0.0812. The van der Waals surface area contributed by atoms with Crippen LogP contribution < -0.4 is 4.72 Å². The molecule has 1 N–H and O–H groups in total. The Bertz CT molecular complexity index is 809. The number of nitrogens with one attached hydrogen (secondary N) is 1. The molecule has 0 saturated heterocycles. The number of hydrogen-bond donors (Lipinski definition) is 1. The van der Waals surface area contributed by atoms with E-state index in [2.05, 4.69) is 20.7 Å². The van der Waals surface area contributed by atoms with Gasteiger partial charge in [-0.05, 0) is 52.7 Å². The molecule has 2 rings (SSSR count). The molecule has 0 atom stereocenters. The number of hydrogen-bond acceptors (Lipinski definition) is 4. The fourth-order valence-corrected chi connectivity index (χ4v) is 4.47. The second-order valence-corrected chi connectivity index (χ2v) is 8.17. The highest BCUT2D eigenvalue weighted by Gasteiger charge is 2.18. The lowest BCUT2D eigenvalue weighted by molar-refractivity contribution is 0.603. The van der Waals surface area contributed by atoms with Gasteiger partial charge in [0.15, 0.2) is 0 Å². The molecule has 0 fully saturated rings. The van der Waals surface area contributed by atoms with Gasteiger partial charge in [0.2, 0.25) is 0 Å². The van der Waals surface area contributed by atoms with Crippen molar-refractivity contribution in [2.45, 2.75) is 11.1 Å². The monoisotopic (exact) mass is 390 g/mol. The van der Waals surface area contributed by atoms with Gasteiger partial charge in [-0.3, -0.25) is 4.72 Å². The summed E-state index contributed by atoms with van der Waals surface area (Å²) in [5.74, 6) is 0. The zero-order valence-electron chi connectivity index (χ0n) is 10.1. The normalized spacial score (nSPS) is 11.1. The van der Waals surface area contributed by atoms with Gasteiger partial charge in [-0.25, -0.2) is 8.42 Å². The summed E-state index contributed by atoms with van der Waals surface area (Å²) in [6.07, 6.45) is 0. The third-order valence-electron chi connectivity index (χ3n) is 2.45. The van der Waals surface area contributed by atoms with E-state index in [1.165, 1.54) is 18.2 Å². The Balaban J connectivity index is 2.38. The van der Waals surface area contributed by atoms with Crippen molar-refractivity contribution in [2.24, 2.45) is 0 Å². The van der Waals surface area contributed by atoms with E-state index in [4.69, 9.17) is 16.9 Å². The number of aryl methyl sites for hydroxylation is 1. The smallest absolute Gasteiger partial charge is 0.271 e. The zero-order chi connectivity index (χ0) is 14.9. The summed E-state index contributed by atoms with van der Waals surface area (Å²) in [4.78, 5) is 0.339. The molecule has 0 aliphatic carbocycles. The van der Waals surface area contributed by atoms with E-state index in [0.29, 0.717) is 20.1 Å². The molecular formula is C12H8BrClN2O2S2. The van der Waals surface area contributed by atoms with Crippen LogP contribution in [-0.2, 0) is 10.0 Å². The Morgan fingerprint density at radius 1 is 1.40 bits per heavy atom. The summed E-state index contributed by atoms with van der Waals surface area (Å²) < 4.78 is 27.5. The summed E-state index contributed by atoms with van der Waals surface area (Å²) in [6, 6.07) is 8.04. The van der Waals surface area contributed by atoms with Crippen LogP contribution in [0.2, 0.25) is 5.02 Å². The van der Waals surface area contributed by atoms with Gasteiger partial charge in [0.25, 0.3) is 10.0 Å². The first-order chi connectivity index (χ1) is 9.33. The van der Waals surface area contributed by atoms with Crippen LogP contribution in [0.3, 0.4) is 0 Å². The van der Waals surface area contributed by atoms with Crippen molar-refractivity contribution in [1.82, 2.24) is 0 Å². The van der Waals surface area contributed by atoms with Crippen molar-refractivity contribution in [3.8, 4) is 6.07 Å². The Labute approximate surface area is 134 Å². The summed E-state index contributed by atoms with van der Waals surface area (Å²) >= 11 is 10.2. The number of benzene rings is 1. The van der Waals surface area contributed by atoms with Gasteiger partial charge in [-0.2, -0.15) is 5.26 Å². The topological polar surface area (TPSA) is 70.0 Å². The molecule has 104 valence electrons. The molecule has 0 radical (unpaired) electrons. The highest BCUT2D eigenvalue weighted by atomic mass is 79.9. The van der Waals surface area contributed by atoms with Gasteiger partial charge in [-0.1, -0.05) is 11.6 Å². The number of halogens is 2. The average molecular weight is 392 g/mol. The predicted octanol–water partition coefficient (Wildman–Crippen LogP) is 4.14. The molecule has 0 saturated carbocycles. The number of nitriles is 1. The standard InChI is InChI=1S/C12H8BrClN2O2S2/c1-7-4-9(13)11(5-10(7)14)16-20(17,18)12-3-2-8(6-15)19-12/h2-5,16H,1H3. The quantitative estimate of drug-likeness (QED) is 0.854. The molecule has 0 aliphatic heterocycles. The molecule has 0 aliphatic rings. The summed E-state index contributed by atoms with van der Waals surface area (Å²) in [5, 5.41) is 9.21. The fraction of sp³-hybridized carbons (Fsp3) is 0.0833. The van der Waals surface area contributed by atoms with Crippen molar-refractivity contribution in [1.29, 1.82) is 5.26 Å². The van der Waals surface area contributed by atoms with Crippen molar-refractivity contribution in [3.63, 3.8) is 0 Å². The molecule has 1 aromatic heterocycles. The molecule has 4 nitrogen and oxygen atoms in total. The largest absolute Gasteiger partial charge is 0.278 e. The second kappa shape index (κ2) is 5.74. The molecule has 0 amide bonds. The first-order valence-electron chi connectivity index (χ1n) is 5.32. The highest BCUT2D eigenvalue weighted by Crippen LogP contribution is 2.31. The van der Waals surface area contributed by atoms with Gasteiger partial charge < -0.3 is 0 Å². The van der Waals surface area contributed by atoms with E-state index in [0.717, 1.165) is 16.9 Å². The van der Waals surface area contributed by atoms with E-state index in [1.807, 2.05) is 13.0 Å². The number of anilines is 1. The van der Waals surface area contributed by atoms with Gasteiger partial charge in [0.1, 0.15) is 15.2 Å². The van der Waals surface area contributed by atoms with Crippen molar-refractivity contribution < 1.29 is 8.42 Å². The maximum atomic E-state index is 12.2. The Morgan fingerprint density at radius 2 is 2.10 bits per heavy atom. The Kier molecular flexibility index (Phi) is 4.39. The summed E-state index contributed by atoms with van der Waals surface area (Å²) in [7, 11) is -3.73. The first kappa shape index (κ1) is 15.3. The van der Waals surface area contributed by atoms with Crippen LogP contribution in [0.25, 0.3) is 0 Å². The van der Waals surface area contributed by atoms with Crippen LogP contribution >= 0.6 is 38.9 Å². The Hall–Kier alpha value is -1.07. The minimum Gasteiger partial charge on any atom is -0.278 e. The number of nitrogens with zero attached hydrogens (tertiary/aromatic N) is 1. The van der Waals surface area contributed by atoms with Crippen LogP contribution in [0.15, 0.2) is 32.9 Å². The fourth-order valence-electron chi connectivity index (χ4n) is 1.44. The molecule has 0 unspecified atom stereocenters. The molecular weight excluding hydrogens is 384 g/mol. The minimum atomic E-state index is -3.73. The van der Waals surface area contributed by atoms with Gasteiger partial charge in [0, 0.05) is 9.50 Å². The van der Waals surface area contributed by atoms with Crippen LogP contribution in [0.4, 0.5) is 5.69 Å². The highest BCUT2D eigenvalue weighted by molar-refractivity contribution is 9.10. The lowest BCUT2D eigenvalue weighted by atomic mass is 10.2. The third-order valence-corrected chi connectivity index (χ3v) is 6.36. The second-order valence-electron chi connectivity index (χ2n) is 3.92. The van der Waals surface area contributed by atoms with Crippen molar-refractivity contribution in [3.05, 3.63) is 44.2 Å². The van der Waals surface area contributed by atoms with Crippen LogP contribution in [-0.4, -0.2) is 8.42 Å². The van der Waals surface area contributed by atoms with E-state index in [1.54, 1.807) is 6.07 Å². The van der Waals surface area contributed by atoms with Gasteiger partial charge in [-0.15, -0.1) is 11.3 Å². The molecule has 20 heavy (non-hydrogen) atoms. The molecule has 0 bridgehead atoms. The van der Waals surface area contributed by atoms with E-state index >= 15 is 0 Å². The van der Waals surface area contributed by atoms with Crippen LogP contribution in [0.5, 0.6) is 0 Å². The third kappa shape index (κ3) is 3.15. The van der Waals surface area contributed by atoms with Gasteiger partial charge in [0.05, 0.1) is 5.69 Å². The summed E-state index contributed by atoms with van der Waals surface area (Å²) in [5.41, 5.74) is 1.19. The number of sulfonamides is 1. The lowest BCUT2D eigenvalue weighted by Gasteiger charge is -2.10. The number of thiophene rings is 1. The SMILES string of the molecule is Cc1cc(Br)c(NS(=O)(=O)c2ccc(C#N)s2)cc1Cl. The zero-order valence-corrected chi connectivity index (χ0v) is 14.1. The lowest BCUT2D eigenvalue weighted by Crippen LogP contribution is -2.12. The maximum Gasteiger partial charge on any atom is 0.271 e. The van der Waals surface area contributed by atoms with Crippen LogP contribution in [0, 0.1) is 18.3 Å². The summed E-state index contributed by atoms with van der Waals surface area (Å²) in [6.45, 7) is 1.82. The number of rotatable bonds is 3. The molecule has 2 aromatic rings. The molecule has 0 spiro atoms. The van der Waals surface area contributed by atoms with Crippen molar-refractivity contribution in [2.75, 3.05) is 4.72 Å².